The maximum Gasteiger partial charge on any atom is 0.339 e. The zero-order valence-corrected chi connectivity index (χ0v) is 14.2. The Hall–Kier alpha value is -2.37. The average molecular weight is 332 g/mol. The first kappa shape index (κ1) is 18.0. The van der Waals surface area contributed by atoms with Crippen LogP contribution in [-0.4, -0.2) is 38.0 Å². The summed E-state index contributed by atoms with van der Waals surface area (Å²) >= 11 is 0. The molecule has 1 aliphatic rings. The Morgan fingerprint density at radius 3 is 2.75 bits per heavy atom. The van der Waals surface area contributed by atoms with Gasteiger partial charge in [-0.05, 0) is 18.6 Å². The molecule has 1 aromatic rings. The van der Waals surface area contributed by atoms with Gasteiger partial charge in [-0.3, -0.25) is 9.59 Å². The van der Waals surface area contributed by atoms with E-state index < -0.39 is 5.97 Å². The first-order valence-electron chi connectivity index (χ1n) is 8.33. The summed E-state index contributed by atoms with van der Waals surface area (Å²) in [6.07, 6.45) is 3.27. The Kier molecular flexibility index (Phi) is 6.35. The van der Waals surface area contributed by atoms with Crippen molar-refractivity contribution in [1.82, 2.24) is 5.32 Å². The topological polar surface area (TPSA) is 75.7 Å². The molecule has 0 aromatic heterocycles. The fourth-order valence-electron chi connectivity index (χ4n) is 2.84. The molecular weight excluding hydrogens is 308 g/mol. The number of amides is 2. The predicted molar refractivity (Wildman–Crippen MR) is 90.8 cm³/mol. The number of carbonyl (C=O) groups is 3. The van der Waals surface area contributed by atoms with E-state index in [0.29, 0.717) is 17.8 Å². The zero-order chi connectivity index (χ0) is 17.5. The number of methoxy groups -OCH3 is 1. The van der Waals surface area contributed by atoms with Crippen molar-refractivity contribution in [1.29, 1.82) is 0 Å². The van der Waals surface area contributed by atoms with Gasteiger partial charge < -0.3 is 15.0 Å². The normalized spacial score (nSPS) is 17.0. The van der Waals surface area contributed by atoms with Crippen molar-refractivity contribution in [3.63, 3.8) is 0 Å². The second kappa shape index (κ2) is 8.47. The van der Waals surface area contributed by atoms with Gasteiger partial charge in [-0.25, -0.2) is 4.79 Å². The van der Waals surface area contributed by atoms with Gasteiger partial charge in [0.15, 0.2) is 0 Å². The molecule has 2 rings (SSSR count). The molecular formula is C18H24N2O4. The van der Waals surface area contributed by atoms with Crippen LogP contribution >= 0.6 is 0 Å². The molecule has 130 valence electrons. The molecule has 6 heteroatoms. The minimum absolute atomic E-state index is 0.0995. The van der Waals surface area contributed by atoms with Crippen molar-refractivity contribution in [3.8, 4) is 0 Å². The fraction of sp³-hybridized carbons (Fsp3) is 0.500. The van der Waals surface area contributed by atoms with E-state index >= 15 is 0 Å². The third kappa shape index (κ3) is 4.13. The Labute approximate surface area is 142 Å². The number of hydrogen-bond donors (Lipinski definition) is 1. The van der Waals surface area contributed by atoms with Crippen LogP contribution in [0.15, 0.2) is 24.3 Å². The second-order valence-electron chi connectivity index (χ2n) is 5.91. The smallest absolute Gasteiger partial charge is 0.339 e. The van der Waals surface area contributed by atoms with E-state index in [2.05, 4.69) is 12.2 Å². The number of para-hydroxylation sites is 1. The summed E-state index contributed by atoms with van der Waals surface area (Å²) in [4.78, 5) is 37.9. The van der Waals surface area contributed by atoms with Crippen LogP contribution < -0.4 is 10.2 Å². The number of unbranched alkanes of at least 4 members (excludes halogenated alkanes) is 2. The molecule has 1 aromatic carbocycles. The van der Waals surface area contributed by atoms with Crippen molar-refractivity contribution in [2.24, 2.45) is 5.92 Å². The highest BCUT2D eigenvalue weighted by molar-refractivity contribution is 6.05. The summed E-state index contributed by atoms with van der Waals surface area (Å²) < 4.78 is 4.77. The number of anilines is 1. The van der Waals surface area contributed by atoms with E-state index in [9.17, 15) is 14.4 Å². The number of hydrogen-bond acceptors (Lipinski definition) is 4. The van der Waals surface area contributed by atoms with Crippen LogP contribution in [0.2, 0.25) is 0 Å². The van der Waals surface area contributed by atoms with Gasteiger partial charge in [-0.1, -0.05) is 31.9 Å². The van der Waals surface area contributed by atoms with E-state index in [1.807, 2.05) is 0 Å². The summed E-state index contributed by atoms with van der Waals surface area (Å²) in [5, 5.41) is 2.89. The SMILES string of the molecule is CCCCCNC(=O)C1CC(=O)N(c2ccccc2C(=O)OC)C1. The second-order valence-corrected chi connectivity index (χ2v) is 5.91. The number of ether oxygens (including phenoxy) is 1. The van der Waals surface area contributed by atoms with Crippen molar-refractivity contribution < 1.29 is 19.1 Å². The first-order valence-corrected chi connectivity index (χ1v) is 8.33. The van der Waals surface area contributed by atoms with Gasteiger partial charge in [0, 0.05) is 19.5 Å². The Morgan fingerprint density at radius 2 is 2.04 bits per heavy atom. The average Bonchev–Trinajstić information content (AvgIpc) is 2.99. The van der Waals surface area contributed by atoms with Crippen LogP contribution in [-0.2, 0) is 14.3 Å². The van der Waals surface area contributed by atoms with E-state index in [4.69, 9.17) is 4.74 Å². The molecule has 0 saturated carbocycles. The first-order chi connectivity index (χ1) is 11.6. The third-order valence-electron chi connectivity index (χ3n) is 4.18. The number of nitrogens with zero attached hydrogens (tertiary/aromatic N) is 1. The van der Waals surface area contributed by atoms with Crippen LogP contribution in [0.4, 0.5) is 5.69 Å². The monoisotopic (exact) mass is 332 g/mol. The molecule has 2 amide bonds. The summed E-state index contributed by atoms with van der Waals surface area (Å²) in [7, 11) is 1.30. The Balaban J connectivity index is 2.05. The molecule has 0 radical (unpaired) electrons. The number of esters is 1. The number of carbonyl (C=O) groups excluding carboxylic acids is 3. The molecule has 1 atom stereocenters. The highest BCUT2D eigenvalue weighted by Gasteiger charge is 2.36. The molecule has 6 nitrogen and oxygen atoms in total. The molecule has 0 bridgehead atoms. The summed E-state index contributed by atoms with van der Waals surface area (Å²) in [5.74, 6) is -1.13. The van der Waals surface area contributed by atoms with Crippen molar-refractivity contribution in [2.45, 2.75) is 32.6 Å². The van der Waals surface area contributed by atoms with Crippen molar-refractivity contribution in [2.75, 3.05) is 25.1 Å². The van der Waals surface area contributed by atoms with Crippen LogP contribution in [0.1, 0.15) is 43.0 Å². The zero-order valence-electron chi connectivity index (χ0n) is 14.2. The highest BCUT2D eigenvalue weighted by Crippen LogP contribution is 2.28. The van der Waals surface area contributed by atoms with Crippen LogP contribution in [0, 0.1) is 5.92 Å². The molecule has 1 aliphatic heterocycles. The van der Waals surface area contributed by atoms with Gasteiger partial charge in [0.05, 0.1) is 24.3 Å². The largest absolute Gasteiger partial charge is 0.465 e. The fourth-order valence-corrected chi connectivity index (χ4v) is 2.84. The van der Waals surface area contributed by atoms with Gasteiger partial charge in [0.25, 0.3) is 0 Å². The number of rotatable bonds is 7. The van der Waals surface area contributed by atoms with Crippen molar-refractivity contribution in [3.05, 3.63) is 29.8 Å². The van der Waals surface area contributed by atoms with Gasteiger partial charge in [-0.15, -0.1) is 0 Å². The summed E-state index contributed by atoms with van der Waals surface area (Å²) in [6, 6.07) is 6.79. The molecule has 1 saturated heterocycles. The molecule has 1 fully saturated rings. The molecule has 0 aliphatic carbocycles. The highest BCUT2D eigenvalue weighted by atomic mass is 16.5. The van der Waals surface area contributed by atoms with Gasteiger partial charge >= 0.3 is 5.97 Å². The maximum atomic E-state index is 12.3. The van der Waals surface area contributed by atoms with E-state index in [-0.39, 0.29) is 30.7 Å². The minimum Gasteiger partial charge on any atom is -0.465 e. The molecule has 1 N–H and O–H groups in total. The van der Waals surface area contributed by atoms with Gasteiger partial charge in [0.1, 0.15) is 0 Å². The molecule has 24 heavy (non-hydrogen) atoms. The quantitative estimate of drug-likeness (QED) is 0.613. The van der Waals surface area contributed by atoms with Crippen LogP contribution in [0.5, 0.6) is 0 Å². The molecule has 1 unspecified atom stereocenters. The van der Waals surface area contributed by atoms with Crippen LogP contribution in [0.3, 0.4) is 0 Å². The third-order valence-corrected chi connectivity index (χ3v) is 4.18. The number of benzene rings is 1. The molecule has 0 spiro atoms. The lowest BCUT2D eigenvalue weighted by molar-refractivity contribution is -0.126. The lowest BCUT2D eigenvalue weighted by Crippen LogP contribution is -2.33. The Bertz CT molecular complexity index is 615. The van der Waals surface area contributed by atoms with Gasteiger partial charge in [0.2, 0.25) is 11.8 Å². The van der Waals surface area contributed by atoms with E-state index in [1.54, 1.807) is 24.3 Å². The number of nitrogens with one attached hydrogen (secondary N) is 1. The predicted octanol–water partition coefficient (Wildman–Crippen LogP) is 2.13. The van der Waals surface area contributed by atoms with Crippen molar-refractivity contribution >= 4 is 23.5 Å². The van der Waals surface area contributed by atoms with Gasteiger partial charge in [-0.2, -0.15) is 0 Å². The minimum atomic E-state index is -0.495. The van der Waals surface area contributed by atoms with Crippen LogP contribution in [0.25, 0.3) is 0 Å². The molecule has 1 heterocycles. The lowest BCUT2D eigenvalue weighted by Gasteiger charge is -2.19. The Morgan fingerprint density at radius 1 is 1.29 bits per heavy atom. The standard InChI is InChI=1S/C18H24N2O4/c1-3-4-7-10-19-17(22)13-11-16(21)20(12-13)15-9-6-5-8-14(15)18(23)24-2/h5-6,8-9,13H,3-4,7,10-12H2,1-2H3,(H,19,22). The summed E-state index contributed by atoms with van der Waals surface area (Å²) in [6.45, 7) is 3.02. The maximum absolute atomic E-state index is 12.3. The van der Waals surface area contributed by atoms with E-state index in [0.717, 1.165) is 19.3 Å². The summed E-state index contributed by atoms with van der Waals surface area (Å²) in [5.41, 5.74) is 0.827. The lowest BCUT2D eigenvalue weighted by atomic mass is 10.1. The van der Waals surface area contributed by atoms with E-state index in [1.165, 1.54) is 12.0 Å².